The molecule has 3 rings (SSSR count). The highest BCUT2D eigenvalue weighted by molar-refractivity contribution is 7.08. The lowest BCUT2D eigenvalue weighted by atomic mass is 10.0. The number of aliphatic hydroxyl groups is 1. The fraction of sp³-hybridized carbons (Fsp3) is 0.278. The topological polar surface area (TPSA) is 35.8 Å². The number of benzene rings is 1. The van der Waals surface area contributed by atoms with Gasteiger partial charge in [-0.1, -0.05) is 23.7 Å². The van der Waals surface area contributed by atoms with Crippen LogP contribution in [0.1, 0.15) is 31.1 Å². The van der Waals surface area contributed by atoms with Crippen molar-refractivity contribution in [3.63, 3.8) is 0 Å². The predicted molar refractivity (Wildman–Crippen MR) is 98.0 cm³/mol. The average Bonchev–Trinajstić information content (AvgIpc) is 3.01. The predicted octanol–water partition coefficient (Wildman–Crippen LogP) is 4.60. The van der Waals surface area contributed by atoms with Gasteiger partial charge in [0.1, 0.15) is 6.17 Å². The fourth-order valence-electron chi connectivity index (χ4n) is 2.66. The minimum atomic E-state index is -0.827. The van der Waals surface area contributed by atoms with Crippen LogP contribution in [0.2, 0.25) is 5.02 Å². The smallest absolute Gasteiger partial charge is 0.148 e. The van der Waals surface area contributed by atoms with Crippen LogP contribution in [0.4, 0.5) is 0 Å². The Morgan fingerprint density at radius 3 is 2.61 bits per heavy atom. The fourth-order valence-corrected chi connectivity index (χ4v) is 3.46. The summed E-state index contributed by atoms with van der Waals surface area (Å²) in [4.78, 5) is 6.77. The zero-order valence-corrected chi connectivity index (χ0v) is 14.7. The first-order valence-electron chi connectivity index (χ1n) is 7.44. The Morgan fingerprint density at radius 2 is 2.00 bits per heavy atom. The lowest BCUT2D eigenvalue weighted by molar-refractivity contribution is 0.0432. The summed E-state index contributed by atoms with van der Waals surface area (Å²) in [7, 11) is 0. The summed E-state index contributed by atoms with van der Waals surface area (Å²) in [6.07, 6.45) is 3.70. The van der Waals surface area contributed by atoms with Gasteiger partial charge >= 0.3 is 0 Å². The Labute approximate surface area is 145 Å². The molecule has 0 saturated carbocycles. The van der Waals surface area contributed by atoms with Crippen molar-refractivity contribution in [3.8, 4) is 0 Å². The van der Waals surface area contributed by atoms with E-state index in [0.29, 0.717) is 11.6 Å². The maximum Gasteiger partial charge on any atom is 0.148 e. The van der Waals surface area contributed by atoms with Crippen LogP contribution in [0.15, 0.2) is 52.2 Å². The van der Waals surface area contributed by atoms with Gasteiger partial charge in [0, 0.05) is 29.0 Å². The van der Waals surface area contributed by atoms with Crippen molar-refractivity contribution >= 4 is 34.8 Å². The minimum absolute atomic E-state index is 0.122. The van der Waals surface area contributed by atoms with Crippen molar-refractivity contribution < 1.29 is 5.11 Å². The van der Waals surface area contributed by atoms with Gasteiger partial charge in [-0.15, -0.1) is 0 Å². The molecule has 0 bridgehead atoms. The van der Waals surface area contributed by atoms with Crippen LogP contribution in [-0.4, -0.2) is 28.4 Å². The van der Waals surface area contributed by atoms with Crippen molar-refractivity contribution in [2.45, 2.75) is 25.6 Å². The first kappa shape index (κ1) is 16.2. The highest BCUT2D eigenvalue weighted by Crippen LogP contribution is 2.35. The van der Waals surface area contributed by atoms with E-state index in [1.165, 1.54) is 0 Å². The van der Waals surface area contributed by atoms with Crippen LogP contribution < -0.4 is 0 Å². The van der Waals surface area contributed by atoms with Gasteiger partial charge in [0.2, 0.25) is 0 Å². The summed E-state index contributed by atoms with van der Waals surface area (Å²) in [5.41, 5.74) is 2.40. The van der Waals surface area contributed by atoms with E-state index < -0.39 is 5.60 Å². The molecule has 1 aliphatic rings. The third-order valence-corrected chi connectivity index (χ3v) is 4.56. The Balaban J connectivity index is 2.00. The van der Waals surface area contributed by atoms with Gasteiger partial charge in [0.15, 0.2) is 0 Å². The quantitative estimate of drug-likeness (QED) is 0.878. The van der Waals surface area contributed by atoms with E-state index in [2.05, 4.69) is 21.3 Å². The molecule has 23 heavy (non-hydrogen) atoms. The van der Waals surface area contributed by atoms with E-state index >= 15 is 0 Å². The number of hydrogen-bond acceptors (Lipinski definition) is 4. The molecule has 5 heteroatoms. The lowest BCUT2D eigenvalue weighted by Crippen LogP contribution is -2.40. The Hall–Kier alpha value is -1.62. The molecule has 1 aromatic carbocycles. The second-order valence-electron chi connectivity index (χ2n) is 6.23. The highest BCUT2D eigenvalue weighted by Gasteiger charge is 2.29. The summed E-state index contributed by atoms with van der Waals surface area (Å²) in [6, 6.07) is 9.83. The van der Waals surface area contributed by atoms with Crippen LogP contribution in [-0.2, 0) is 0 Å². The molecule has 2 aromatic rings. The standard InChI is InChI=1S/C18H19ClN2OS/c1-18(2,22)12-21-16(13-3-5-15(19)6-4-13)7-9-20-17(21)14-8-10-23-11-14/h3-11,17,22H,12H2,1-2H3. The number of hydrogen-bond donors (Lipinski definition) is 1. The van der Waals surface area contributed by atoms with Crippen LogP contribution in [0, 0.1) is 0 Å². The summed E-state index contributed by atoms with van der Waals surface area (Å²) in [5.74, 6) is 0. The largest absolute Gasteiger partial charge is 0.389 e. The van der Waals surface area contributed by atoms with E-state index in [9.17, 15) is 5.11 Å². The van der Waals surface area contributed by atoms with Crippen molar-refractivity contribution in [2.75, 3.05) is 6.54 Å². The molecule has 120 valence electrons. The van der Waals surface area contributed by atoms with Crippen LogP contribution >= 0.6 is 22.9 Å². The summed E-state index contributed by atoms with van der Waals surface area (Å²) in [6.45, 7) is 4.12. The molecule has 0 saturated heterocycles. The molecule has 0 radical (unpaired) electrons. The van der Waals surface area contributed by atoms with Crippen LogP contribution in [0.25, 0.3) is 5.70 Å². The molecule has 1 atom stereocenters. The van der Waals surface area contributed by atoms with Crippen molar-refractivity contribution in [1.82, 2.24) is 4.90 Å². The maximum atomic E-state index is 10.4. The second kappa shape index (κ2) is 6.48. The number of β-amino-alcohol motifs (C(OH)–C–C–N with tert-alkyl or cyclic N) is 1. The molecule has 0 spiro atoms. The zero-order valence-electron chi connectivity index (χ0n) is 13.1. The van der Waals surface area contributed by atoms with Gasteiger partial charge in [-0.3, -0.25) is 4.99 Å². The zero-order chi connectivity index (χ0) is 16.4. The molecule has 0 amide bonds. The van der Waals surface area contributed by atoms with Crippen molar-refractivity contribution in [2.24, 2.45) is 4.99 Å². The minimum Gasteiger partial charge on any atom is -0.389 e. The number of thiophene rings is 1. The Morgan fingerprint density at radius 1 is 1.26 bits per heavy atom. The Kier molecular flexibility index (Phi) is 4.57. The third-order valence-electron chi connectivity index (χ3n) is 3.60. The third kappa shape index (κ3) is 3.83. The molecular formula is C18H19ClN2OS. The van der Waals surface area contributed by atoms with E-state index in [4.69, 9.17) is 11.6 Å². The highest BCUT2D eigenvalue weighted by atomic mass is 35.5. The molecule has 1 unspecified atom stereocenters. The first-order chi connectivity index (χ1) is 10.9. The lowest BCUT2D eigenvalue weighted by Gasteiger charge is -2.38. The number of rotatable bonds is 4. The van der Waals surface area contributed by atoms with Crippen molar-refractivity contribution in [1.29, 1.82) is 0 Å². The summed E-state index contributed by atoms with van der Waals surface area (Å²) < 4.78 is 0. The monoisotopic (exact) mass is 346 g/mol. The molecular weight excluding hydrogens is 328 g/mol. The molecule has 1 N–H and O–H groups in total. The van der Waals surface area contributed by atoms with Gasteiger partial charge in [-0.25, -0.2) is 0 Å². The van der Waals surface area contributed by atoms with Crippen LogP contribution in [0.3, 0.4) is 0 Å². The Bertz CT molecular complexity index is 714. The number of halogens is 1. The molecule has 1 aliphatic heterocycles. The normalized spacial score (nSPS) is 18.2. The van der Waals surface area contributed by atoms with E-state index in [0.717, 1.165) is 16.8 Å². The van der Waals surface area contributed by atoms with Gasteiger partial charge in [-0.05, 0) is 54.4 Å². The summed E-state index contributed by atoms with van der Waals surface area (Å²) in [5, 5.41) is 15.2. The second-order valence-corrected chi connectivity index (χ2v) is 7.44. The molecule has 1 aromatic heterocycles. The maximum absolute atomic E-state index is 10.4. The van der Waals surface area contributed by atoms with Gasteiger partial charge < -0.3 is 10.0 Å². The summed E-state index contributed by atoms with van der Waals surface area (Å²) >= 11 is 7.66. The molecule has 0 fully saturated rings. The average molecular weight is 347 g/mol. The van der Waals surface area contributed by atoms with E-state index in [1.54, 1.807) is 11.3 Å². The molecule has 3 nitrogen and oxygen atoms in total. The van der Waals surface area contributed by atoms with E-state index in [-0.39, 0.29) is 6.17 Å². The number of allylic oxidation sites excluding steroid dienone is 1. The van der Waals surface area contributed by atoms with E-state index in [1.807, 2.05) is 55.8 Å². The van der Waals surface area contributed by atoms with Crippen molar-refractivity contribution in [3.05, 3.63) is 63.3 Å². The molecule has 2 heterocycles. The SMILES string of the molecule is CC(C)(O)CN1C(c2ccc(Cl)cc2)=CC=NC1c1ccsc1. The number of nitrogens with zero attached hydrogens (tertiary/aromatic N) is 2. The van der Waals surface area contributed by atoms with Gasteiger partial charge in [0.25, 0.3) is 0 Å². The van der Waals surface area contributed by atoms with Gasteiger partial charge in [-0.2, -0.15) is 11.3 Å². The molecule has 0 aliphatic carbocycles. The van der Waals surface area contributed by atoms with Crippen LogP contribution in [0.5, 0.6) is 0 Å². The first-order valence-corrected chi connectivity index (χ1v) is 8.77. The van der Waals surface area contributed by atoms with Gasteiger partial charge in [0.05, 0.1) is 5.60 Å². The number of aliphatic imine (C=N–C) groups is 1.